The van der Waals surface area contributed by atoms with Gasteiger partial charge in [-0.1, -0.05) is 0 Å². The van der Waals surface area contributed by atoms with Gasteiger partial charge in [0.25, 0.3) is 5.91 Å². The molecule has 17 heavy (non-hydrogen) atoms. The van der Waals surface area contributed by atoms with Crippen molar-refractivity contribution in [3.05, 3.63) is 23.7 Å². The molecule has 0 radical (unpaired) electrons. The first kappa shape index (κ1) is 13.7. The minimum Gasteiger partial charge on any atom is -0.469 e. The summed E-state index contributed by atoms with van der Waals surface area (Å²) < 4.78 is 10.1. The summed E-state index contributed by atoms with van der Waals surface area (Å²) in [5.41, 5.74) is 6.08. The predicted molar refractivity (Wildman–Crippen MR) is 64.9 cm³/mol. The van der Waals surface area contributed by atoms with Crippen molar-refractivity contribution >= 4 is 5.91 Å². The Balaban J connectivity index is 2.68. The summed E-state index contributed by atoms with van der Waals surface area (Å²) in [5.74, 6) is 0.618. The summed E-state index contributed by atoms with van der Waals surface area (Å²) in [6, 6.07) is 1.69. The quantitative estimate of drug-likeness (QED) is 0.772. The van der Waals surface area contributed by atoms with Crippen LogP contribution in [0.3, 0.4) is 0 Å². The lowest BCUT2D eigenvalue weighted by Crippen LogP contribution is -2.35. The number of hydrogen-bond donors (Lipinski definition) is 1. The monoisotopic (exact) mass is 240 g/mol. The van der Waals surface area contributed by atoms with E-state index >= 15 is 0 Å². The minimum absolute atomic E-state index is 0.0262. The second-order valence-corrected chi connectivity index (χ2v) is 3.82. The molecule has 0 fully saturated rings. The SMILES string of the molecule is COCCN(CCCN)C(=O)c1ccoc1C. The van der Waals surface area contributed by atoms with Crippen LogP contribution in [0.15, 0.2) is 16.7 Å². The van der Waals surface area contributed by atoms with E-state index in [1.54, 1.807) is 25.0 Å². The Hall–Kier alpha value is -1.33. The van der Waals surface area contributed by atoms with E-state index in [1.165, 1.54) is 6.26 Å². The van der Waals surface area contributed by atoms with Crippen molar-refractivity contribution in [2.75, 3.05) is 33.4 Å². The van der Waals surface area contributed by atoms with Gasteiger partial charge >= 0.3 is 0 Å². The summed E-state index contributed by atoms with van der Waals surface area (Å²) in [4.78, 5) is 14.0. The highest BCUT2D eigenvalue weighted by molar-refractivity contribution is 5.95. The maximum atomic E-state index is 12.2. The Morgan fingerprint density at radius 2 is 2.29 bits per heavy atom. The van der Waals surface area contributed by atoms with Crippen LogP contribution >= 0.6 is 0 Å². The van der Waals surface area contributed by atoms with Crippen LogP contribution in [0, 0.1) is 6.92 Å². The molecular weight excluding hydrogens is 220 g/mol. The highest BCUT2D eigenvalue weighted by atomic mass is 16.5. The third-order valence-corrected chi connectivity index (χ3v) is 2.57. The first-order chi connectivity index (χ1) is 8.20. The highest BCUT2D eigenvalue weighted by Crippen LogP contribution is 2.12. The fraction of sp³-hybridized carbons (Fsp3) is 0.583. The number of amides is 1. The summed E-state index contributed by atoms with van der Waals surface area (Å²) in [6.07, 6.45) is 2.31. The molecule has 0 saturated heterocycles. The van der Waals surface area contributed by atoms with Crippen LogP contribution < -0.4 is 5.73 Å². The van der Waals surface area contributed by atoms with Crippen LogP contribution in [0.5, 0.6) is 0 Å². The van der Waals surface area contributed by atoms with Gasteiger partial charge in [-0.25, -0.2) is 0 Å². The third kappa shape index (κ3) is 3.87. The molecular formula is C12H20N2O3. The Labute approximate surface area is 102 Å². The van der Waals surface area contributed by atoms with Crippen molar-refractivity contribution in [2.24, 2.45) is 5.73 Å². The van der Waals surface area contributed by atoms with E-state index in [1.807, 2.05) is 0 Å². The molecule has 1 aromatic rings. The zero-order valence-corrected chi connectivity index (χ0v) is 10.4. The van der Waals surface area contributed by atoms with Gasteiger partial charge in [0.2, 0.25) is 0 Å². The molecule has 5 nitrogen and oxygen atoms in total. The van der Waals surface area contributed by atoms with E-state index in [2.05, 4.69) is 0 Å². The van der Waals surface area contributed by atoms with Crippen LogP contribution in [-0.2, 0) is 4.74 Å². The van der Waals surface area contributed by atoms with E-state index in [4.69, 9.17) is 14.9 Å². The number of aryl methyl sites for hydroxylation is 1. The number of nitrogens with zero attached hydrogens (tertiary/aromatic N) is 1. The lowest BCUT2D eigenvalue weighted by atomic mass is 10.2. The Kier molecular flexibility index (Phi) is 5.72. The molecule has 0 atom stereocenters. The normalized spacial score (nSPS) is 10.5. The molecule has 0 bridgehead atoms. The van der Waals surface area contributed by atoms with Crippen molar-refractivity contribution in [1.29, 1.82) is 0 Å². The van der Waals surface area contributed by atoms with Gasteiger partial charge in [-0.3, -0.25) is 4.79 Å². The number of carbonyl (C=O) groups is 1. The third-order valence-electron chi connectivity index (χ3n) is 2.57. The molecule has 0 aromatic carbocycles. The van der Waals surface area contributed by atoms with E-state index in [9.17, 15) is 4.79 Å². The average Bonchev–Trinajstić information content (AvgIpc) is 2.75. The first-order valence-electron chi connectivity index (χ1n) is 5.73. The molecule has 0 aliphatic rings. The largest absolute Gasteiger partial charge is 0.469 e. The number of nitrogens with two attached hydrogens (primary N) is 1. The Bertz CT molecular complexity index is 341. The summed E-state index contributed by atoms with van der Waals surface area (Å²) in [5, 5.41) is 0. The fourth-order valence-electron chi connectivity index (χ4n) is 1.58. The van der Waals surface area contributed by atoms with E-state index < -0.39 is 0 Å². The molecule has 1 amide bonds. The molecule has 1 heterocycles. The van der Waals surface area contributed by atoms with Crippen LogP contribution in [0.1, 0.15) is 22.5 Å². The number of hydrogen-bond acceptors (Lipinski definition) is 4. The van der Waals surface area contributed by atoms with Gasteiger partial charge in [0.05, 0.1) is 18.4 Å². The van der Waals surface area contributed by atoms with Gasteiger partial charge < -0.3 is 19.8 Å². The molecule has 1 rings (SSSR count). The van der Waals surface area contributed by atoms with Crippen LogP contribution in [-0.4, -0.2) is 44.2 Å². The smallest absolute Gasteiger partial charge is 0.257 e. The van der Waals surface area contributed by atoms with Crippen LogP contribution in [0.4, 0.5) is 0 Å². The molecule has 2 N–H and O–H groups in total. The molecule has 0 aliphatic carbocycles. The molecule has 5 heteroatoms. The molecule has 96 valence electrons. The van der Waals surface area contributed by atoms with Gasteiger partial charge in [-0.15, -0.1) is 0 Å². The number of methoxy groups -OCH3 is 1. The van der Waals surface area contributed by atoms with Gasteiger partial charge in [0, 0.05) is 20.2 Å². The molecule has 0 saturated carbocycles. The number of furan rings is 1. The van der Waals surface area contributed by atoms with E-state index in [0.29, 0.717) is 37.6 Å². The Morgan fingerprint density at radius 1 is 1.53 bits per heavy atom. The highest BCUT2D eigenvalue weighted by Gasteiger charge is 2.18. The van der Waals surface area contributed by atoms with E-state index in [-0.39, 0.29) is 5.91 Å². The van der Waals surface area contributed by atoms with E-state index in [0.717, 1.165) is 6.42 Å². The molecule has 0 unspecified atom stereocenters. The topological polar surface area (TPSA) is 68.7 Å². The van der Waals surface area contributed by atoms with Crippen molar-refractivity contribution in [1.82, 2.24) is 4.90 Å². The maximum absolute atomic E-state index is 12.2. The van der Waals surface area contributed by atoms with Gasteiger partial charge in [0.1, 0.15) is 5.76 Å². The van der Waals surface area contributed by atoms with Crippen molar-refractivity contribution in [2.45, 2.75) is 13.3 Å². The summed E-state index contributed by atoms with van der Waals surface area (Å²) in [7, 11) is 1.62. The van der Waals surface area contributed by atoms with Gasteiger partial charge in [-0.2, -0.15) is 0 Å². The average molecular weight is 240 g/mol. The standard InChI is InChI=1S/C12H20N2O3/c1-10-11(4-8-17-10)12(15)14(6-3-5-13)7-9-16-2/h4,8H,3,5-7,9,13H2,1-2H3. The number of rotatable bonds is 7. The van der Waals surface area contributed by atoms with Gasteiger partial charge in [-0.05, 0) is 26.0 Å². The Morgan fingerprint density at radius 3 is 2.82 bits per heavy atom. The minimum atomic E-state index is -0.0262. The summed E-state index contributed by atoms with van der Waals surface area (Å²) in [6.45, 7) is 4.09. The summed E-state index contributed by atoms with van der Waals surface area (Å²) >= 11 is 0. The second kappa shape index (κ2) is 7.09. The zero-order valence-electron chi connectivity index (χ0n) is 10.4. The zero-order chi connectivity index (χ0) is 12.7. The maximum Gasteiger partial charge on any atom is 0.257 e. The van der Waals surface area contributed by atoms with Gasteiger partial charge in [0.15, 0.2) is 0 Å². The fourth-order valence-corrected chi connectivity index (χ4v) is 1.58. The number of ether oxygens (including phenoxy) is 1. The first-order valence-corrected chi connectivity index (χ1v) is 5.73. The predicted octanol–water partition coefficient (Wildman–Crippen LogP) is 1.03. The lowest BCUT2D eigenvalue weighted by molar-refractivity contribution is 0.0693. The van der Waals surface area contributed by atoms with Crippen molar-refractivity contribution in [3.63, 3.8) is 0 Å². The lowest BCUT2D eigenvalue weighted by Gasteiger charge is -2.21. The second-order valence-electron chi connectivity index (χ2n) is 3.82. The number of carbonyl (C=O) groups excluding carboxylic acids is 1. The van der Waals surface area contributed by atoms with Crippen LogP contribution in [0.2, 0.25) is 0 Å². The van der Waals surface area contributed by atoms with Crippen LogP contribution in [0.25, 0.3) is 0 Å². The molecule has 0 spiro atoms. The molecule has 1 aromatic heterocycles. The molecule has 0 aliphatic heterocycles. The van der Waals surface area contributed by atoms with Crippen molar-refractivity contribution in [3.8, 4) is 0 Å². The van der Waals surface area contributed by atoms with Crippen molar-refractivity contribution < 1.29 is 13.9 Å².